The van der Waals surface area contributed by atoms with Crippen LogP contribution in [0.15, 0.2) is 75.2 Å². The zero-order valence-electron chi connectivity index (χ0n) is 30.7. The van der Waals surface area contributed by atoms with Crippen molar-refractivity contribution in [1.82, 2.24) is 0 Å². The molecule has 0 saturated heterocycles. The average Bonchev–Trinajstić information content (AvgIpc) is 3.02. The van der Waals surface area contributed by atoms with Gasteiger partial charge in [-0.25, -0.2) is 0 Å². The van der Waals surface area contributed by atoms with Crippen molar-refractivity contribution in [2.24, 2.45) is 0 Å². The SMILES string of the molecule is CC1=C(C)C(C)([Si](c2cc(C)cc([Si](C)(C)C)c2)(c2cc(C)cc([Si](C)(C)C)c2)c2cc(C)cc([Si](C)(C)C)c2)[C]([Ti])=C1C. The second-order valence-electron chi connectivity index (χ2n) is 17.1. The van der Waals surface area contributed by atoms with Gasteiger partial charge in [0, 0.05) is 0 Å². The Morgan fingerprint density at radius 1 is 0.432 bits per heavy atom. The van der Waals surface area contributed by atoms with Gasteiger partial charge in [-0.2, -0.15) is 0 Å². The maximum atomic E-state index is 2.70. The van der Waals surface area contributed by atoms with Crippen LogP contribution in [-0.2, 0) is 20.4 Å². The fourth-order valence-corrected chi connectivity index (χ4v) is 19.7. The molecule has 0 nitrogen and oxygen atoms in total. The zero-order chi connectivity index (χ0) is 33.4. The van der Waals surface area contributed by atoms with E-state index in [2.05, 4.69) is 182 Å². The van der Waals surface area contributed by atoms with Crippen molar-refractivity contribution < 1.29 is 20.4 Å². The molecule has 0 heterocycles. The number of benzene rings is 3. The third-order valence-corrected chi connectivity index (χ3v) is 24.0. The van der Waals surface area contributed by atoms with E-state index in [4.69, 9.17) is 0 Å². The second kappa shape index (κ2) is 11.8. The summed E-state index contributed by atoms with van der Waals surface area (Å²) >= 11 is 2.47. The third kappa shape index (κ3) is 5.97. The molecule has 4 rings (SSSR count). The predicted octanol–water partition coefficient (Wildman–Crippen LogP) is 7.65. The van der Waals surface area contributed by atoms with Gasteiger partial charge in [-0.1, -0.05) is 0 Å². The molecule has 0 bridgehead atoms. The van der Waals surface area contributed by atoms with E-state index >= 15 is 0 Å². The number of aryl methyl sites for hydroxylation is 3. The molecule has 0 fully saturated rings. The fourth-order valence-electron chi connectivity index (χ4n) is 7.54. The van der Waals surface area contributed by atoms with Crippen LogP contribution >= 0.6 is 0 Å². The van der Waals surface area contributed by atoms with E-state index in [0.717, 1.165) is 0 Å². The minimum absolute atomic E-state index is 0.0966. The van der Waals surface area contributed by atoms with Crippen LogP contribution in [0.2, 0.25) is 64.0 Å². The number of allylic oxidation sites excluding steroid dienone is 4. The molecule has 0 N–H and O–H groups in total. The molecule has 3 aromatic rings. The topological polar surface area (TPSA) is 0 Å². The summed E-state index contributed by atoms with van der Waals surface area (Å²) in [7, 11) is -7.58. The molecule has 0 aromatic heterocycles. The number of hydrogen-bond donors (Lipinski definition) is 0. The van der Waals surface area contributed by atoms with E-state index in [1.54, 1.807) is 40.6 Å². The van der Waals surface area contributed by atoms with E-state index in [9.17, 15) is 0 Å². The Kier molecular flexibility index (Phi) is 9.50. The van der Waals surface area contributed by atoms with Crippen molar-refractivity contribution in [3.8, 4) is 0 Å². The van der Waals surface area contributed by atoms with E-state index in [0.29, 0.717) is 0 Å². The van der Waals surface area contributed by atoms with Crippen LogP contribution in [0.5, 0.6) is 0 Å². The summed E-state index contributed by atoms with van der Waals surface area (Å²) in [5.41, 5.74) is 8.79. The molecule has 0 saturated carbocycles. The Morgan fingerprint density at radius 2 is 0.705 bits per heavy atom. The van der Waals surface area contributed by atoms with Crippen molar-refractivity contribution in [3.05, 3.63) is 91.9 Å². The van der Waals surface area contributed by atoms with Gasteiger partial charge in [-0.05, 0) is 0 Å². The number of rotatable bonds is 7. The van der Waals surface area contributed by atoms with E-state index in [-0.39, 0.29) is 5.04 Å². The van der Waals surface area contributed by atoms with Gasteiger partial charge in [0.25, 0.3) is 0 Å². The second-order valence-corrected chi connectivity index (χ2v) is 37.4. The zero-order valence-corrected chi connectivity index (χ0v) is 36.3. The van der Waals surface area contributed by atoms with Gasteiger partial charge in [0.2, 0.25) is 0 Å². The molecule has 3 aromatic carbocycles. The molecular formula is C39H57Si4Ti. The van der Waals surface area contributed by atoms with Crippen molar-refractivity contribution in [2.45, 2.75) is 112 Å². The van der Waals surface area contributed by atoms with Gasteiger partial charge >= 0.3 is 288 Å². The summed E-state index contributed by atoms with van der Waals surface area (Å²) in [6.45, 7) is 39.6. The Balaban J connectivity index is 2.42. The molecule has 1 aliphatic carbocycles. The first kappa shape index (κ1) is 35.6. The van der Waals surface area contributed by atoms with Gasteiger partial charge in [-0.3, -0.25) is 0 Å². The van der Waals surface area contributed by atoms with Crippen LogP contribution in [0.25, 0.3) is 0 Å². The molecular weight excluding hydrogens is 629 g/mol. The summed E-state index contributed by atoms with van der Waals surface area (Å²) in [6.07, 6.45) is 0. The molecule has 44 heavy (non-hydrogen) atoms. The molecule has 0 spiro atoms. The van der Waals surface area contributed by atoms with Crippen LogP contribution in [0.3, 0.4) is 0 Å². The quantitative estimate of drug-likeness (QED) is 0.177. The molecule has 1 atom stereocenters. The van der Waals surface area contributed by atoms with Crippen LogP contribution < -0.4 is 31.1 Å². The van der Waals surface area contributed by atoms with Crippen LogP contribution in [0.1, 0.15) is 44.4 Å². The Morgan fingerprint density at radius 3 is 0.932 bits per heavy atom. The van der Waals surface area contributed by atoms with Gasteiger partial charge in [0.1, 0.15) is 0 Å². The summed E-state index contributed by atoms with van der Waals surface area (Å²) in [4.78, 5) is 0. The standard InChI is InChI=1S/C39H57Si4.Ti/c1-27-17-33(40(8,9)10)23-36(20-27)43(39(7)26-30(4)31(5)32(39)6,37-21-28(2)18-34(24-37)41(11,12)13)38-22-29(3)19-35(25-38)42(14,15)16;/h17-25H,1-16H3;. The van der Waals surface area contributed by atoms with Gasteiger partial charge in [-0.15, -0.1) is 0 Å². The van der Waals surface area contributed by atoms with Gasteiger partial charge < -0.3 is 0 Å². The molecule has 233 valence electrons. The van der Waals surface area contributed by atoms with Crippen molar-refractivity contribution in [2.75, 3.05) is 0 Å². The summed E-state index contributed by atoms with van der Waals surface area (Å²) in [5.74, 6) is 0. The monoisotopic (exact) mass is 685 g/mol. The van der Waals surface area contributed by atoms with Gasteiger partial charge in [0.15, 0.2) is 0 Å². The summed E-state index contributed by atoms with van der Waals surface area (Å²) in [5, 5.41) is 9.44. The van der Waals surface area contributed by atoms with E-state index in [1.807, 2.05) is 0 Å². The minimum atomic E-state index is -2.80. The molecule has 5 heteroatoms. The number of hydrogen-bond acceptors (Lipinski definition) is 0. The summed E-state index contributed by atoms with van der Waals surface area (Å²) in [6, 6.07) is 23.4. The van der Waals surface area contributed by atoms with Crippen molar-refractivity contribution in [1.29, 1.82) is 0 Å². The molecule has 0 aliphatic heterocycles. The van der Waals surface area contributed by atoms with Gasteiger partial charge in [0.05, 0.1) is 0 Å². The Bertz CT molecular complexity index is 1510. The molecule has 0 radical (unpaired) electrons. The van der Waals surface area contributed by atoms with Crippen LogP contribution in [0, 0.1) is 20.8 Å². The van der Waals surface area contributed by atoms with Crippen molar-refractivity contribution in [3.63, 3.8) is 0 Å². The molecule has 1 unspecified atom stereocenters. The van der Waals surface area contributed by atoms with Crippen molar-refractivity contribution >= 4 is 63.4 Å². The Hall–Kier alpha value is -1.28. The first-order valence-electron chi connectivity index (χ1n) is 16.4. The van der Waals surface area contributed by atoms with E-state index in [1.165, 1.54) is 27.8 Å². The normalized spacial score (nSPS) is 18.4. The fraction of sp³-hybridized carbons (Fsp3) is 0.436. The summed E-state index contributed by atoms with van der Waals surface area (Å²) < 4.78 is 1.57. The predicted molar refractivity (Wildman–Crippen MR) is 207 cm³/mol. The maximum absolute atomic E-state index is 2.80. The first-order valence-corrected chi connectivity index (χ1v) is 29.7. The van der Waals surface area contributed by atoms with Crippen LogP contribution in [-0.4, -0.2) is 32.3 Å². The van der Waals surface area contributed by atoms with E-state index < -0.39 is 32.3 Å². The molecule has 0 amide bonds. The van der Waals surface area contributed by atoms with Crippen LogP contribution in [0.4, 0.5) is 0 Å². The third-order valence-electron chi connectivity index (χ3n) is 10.6. The average molecular weight is 686 g/mol. The first-order chi connectivity index (χ1) is 19.9. The Labute approximate surface area is 286 Å². The molecule has 1 aliphatic rings.